The second kappa shape index (κ2) is 8.82. The number of nitrogens with one attached hydrogen (secondary N) is 1. The van der Waals surface area contributed by atoms with E-state index in [0.29, 0.717) is 25.1 Å². The predicted octanol–water partition coefficient (Wildman–Crippen LogP) is 0.854. The van der Waals surface area contributed by atoms with Crippen LogP contribution in [0.5, 0.6) is 0 Å². The average Bonchev–Trinajstić information content (AvgIpc) is 2.45. The molecule has 0 aliphatic carbocycles. The molecule has 0 heterocycles. The van der Waals surface area contributed by atoms with Crippen molar-refractivity contribution in [3.05, 3.63) is 35.6 Å². The molecule has 0 saturated carbocycles. The van der Waals surface area contributed by atoms with Crippen LogP contribution in [-0.4, -0.2) is 58.2 Å². The number of amides is 1. The predicted molar refractivity (Wildman–Crippen MR) is 81.6 cm³/mol. The molecule has 6 nitrogen and oxygen atoms in total. The fourth-order valence-corrected chi connectivity index (χ4v) is 2.71. The maximum atomic E-state index is 12.8. The molecule has 0 radical (unpaired) electrons. The summed E-state index contributed by atoms with van der Waals surface area (Å²) in [5.41, 5.74) is 0.326. The van der Waals surface area contributed by atoms with Gasteiger partial charge >= 0.3 is 0 Å². The standard InChI is InChI=1S/C14H21FN2O4S/c1-21-11-3-9-17(22(2,19)20)10-8-16-14(18)12-4-6-13(15)7-5-12/h4-7H,3,8-11H2,1-2H3,(H,16,18). The van der Waals surface area contributed by atoms with Crippen LogP contribution in [0.15, 0.2) is 24.3 Å². The second-order valence-electron chi connectivity index (χ2n) is 4.77. The lowest BCUT2D eigenvalue weighted by atomic mass is 10.2. The molecule has 0 aliphatic rings. The molecule has 0 aromatic heterocycles. The molecule has 0 fully saturated rings. The van der Waals surface area contributed by atoms with Gasteiger partial charge in [-0.25, -0.2) is 17.1 Å². The quantitative estimate of drug-likeness (QED) is 0.681. The maximum Gasteiger partial charge on any atom is 0.251 e. The van der Waals surface area contributed by atoms with Gasteiger partial charge in [-0.2, -0.15) is 0 Å². The van der Waals surface area contributed by atoms with Crippen LogP contribution >= 0.6 is 0 Å². The van der Waals surface area contributed by atoms with Crippen molar-refractivity contribution in [3.8, 4) is 0 Å². The van der Waals surface area contributed by atoms with Gasteiger partial charge in [-0.3, -0.25) is 4.79 Å². The van der Waals surface area contributed by atoms with Crippen molar-refractivity contribution in [3.63, 3.8) is 0 Å². The number of hydrogen-bond donors (Lipinski definition) is 1. The van der Waals surface area contributed by atoms with Gasteiger partial charge in [-0.05, 0) is 30.7 Å². The normalized spacial score (nSPS) is 11.6. The number of carbonyl (C=O) groups is 1. The molecule has 1 aromatic carbocycles. The fraction of sp³-hybridized carbons (Fsp3) is 0.500. The highest BCUT2D eigenvalue weighted by atomic mass is 32.2. The molecule has 1 rings (SSSR count). The summed E-state index contributed by atoms with van der Waals surface area (Å²) < 4.78 is 42.2. The van der Waals surface area contributed by atoms with Crippen molar-refractivity contribution >= 4 is 15.9 Å². The Labute approximate surface area is 130 Å². The average molecular weight is 332 g/mol. The number of carbonyl (C=O) groups excluding carboxylic acids is 1. The Balaban J connectivity index is 2.48. The summed E-state index contributed by atoms with van der Waals surface area (Å²) in [5.74, 6) is -0.789. The van der Waals surface area contributed by atoms with Crippen LogP contribution in [-0.2, 0) is 14.8 Å². The zero-order valence-electron chi connectivity index (χ0n) is 12.7. The van der Waals surface area contributed by atoms with Gasteiger partial charge in [0.1, 0.15) is 5.82 Å². The van der Waals surface area contributed by atoms with Crippen LogP contribution in [0.1, 0.15) is 16.8 Å². The molecule has 8 heteroatoms. The monoisotopic (exact) mass is 332 g/mol. The number of halogens is 1. The third-order valence-electron chi connectivity index (χ3n) is 2.98. The molecule has 0 aliphatic heterocycles. The summed E-state index contributed by atoms with van der Waals surface area (Å²) in [6.45, 7) is 1.15. The van der Waals surface area contributed by atoms with Crippen molar-refractivity contribution < 1.29 is 22.3 Å². The molecule has 1 amide bonds. The minimum atomic E-state index is -3.34. The number of benzene rings is 1. The summed E-state index contributed by atoms with van der Waals surface area (Å²) in [5, 5.41) is 2.61. The summed E-state index contributed by atoms with van der Waals surface area (Å²) >= 11 is 0. The van der Waals surface area contributed by atoms with Gasteiger partial charge in [0.25, 0.3) is 5.91 Å². The fourth-order valence-electron chi connectivity index (χ4n) is 1.83. The molecule has 0 bridgehead atoms. The van der Waals surface area contributed by atoms with Crippen LogP contribution in [0.25, 0.3) is 0 Å². The smallest absolute Gasteiger partial charge is 0.251 e. The number of hydrogen-bond acceptors (Lipinski definition) is 4. The molecule has 124 valence electrons. The van der Waals surface area contributed by atoms with Crippen LogP contribution in [0.4, 0.5) is 4.39 Å². The Morgan fingerprint density at radius 1 is 1.27 bits per heavy atom. The zero-order chi connectivity index (χ0) is 16.6. The van der Waals surface area contributed by atoms with Crippen molar-refractivity contribution in [2.24, 2.45) is 0 Å². The van der Waals surface area contributed by atoms with Gasteiger partial charge in [0.15, 0.2) is 0 Å². The van der Waals surface area contributed by atoms with Gasteiger partial charge < -0.3 is 10.1 Å². The van der Waals surface area contributed by atoms with Crippen molar-refractivity contribution in [1.29, 1.82) is 0 Å². The first-order valence-electron chi connectivity index (χ1n) is 6.82. The van der Waals surface area contributed by atoms with Crippen LogP contribution in [0, 0.1) is 5.82 Å². The first-order valence-corrected chi connectivity index (χ1v) is 8.67. The van der Waals surface area contributed by atoms with Crippen molar-refractivity contribution in [1.82, 2.24) is 9.62 Å². The Hall–Kier alpha value is -1.51. The third-order valence-corrected chi connectivity index (χ3v) is 4.28. The van der Waals surface area contributed by atoms with E-state index >= 15 is 0 Å². The number of rotatable bonds is 9. The van der Waals surface area contributed by atoms with E-state index in [9.17, 15) is 17.6 Å². The minimum absolute atomic E-state index is 0.176. The zero-order valence-corrected chi connectivity index (χ0v) is 13.5. The minimum Gasteiger partial charge on any atom is -0.385 e. The van der Waals surface area contributed by atoms with E-state index in [1.54, 1.807) is 7.11 Å². The van der Waals surface area contributed by atoms with Crippen molar-refractivity contribution in [2.45, 2.75) is 6.42 Å². The highest BCUT2D eigenvalue weighted by Gasteiger charge is 2.16. The first kappa shape index (κ1) is 18.5. The Bertz CT molecular complexity index is 575. The summed E-state index contributed by atoms with van der Waals surface area (Å²) in [6.07, 6.45) is 1.71. The topological polar surface area (TPSA) is 75.7 Å². The van der Waals surface area contributed by atoms with E-state index < -0.39 is 15.8 Å². The molecule has 0 atom stereocenters. The highest BCUT2D eigenvalue weighted by molar-refractivity contribution is 7.88. The number of methoxy groups -OCH3 is 1. The molecule has 22 heavy (non-hydrogen) atoms. The van der Waals surface area contributed by atoms with Crippen LogP contribution < -0.4 is 5.32 Å². The van der Waals surface area contributed by atoms with Crippen LogP contribution in [0.3, 0.4) is 0 Å². The first-order chi connectivity index (χ1) is 10.3. The summed E-state index contributed by atoms with van der Waals surface area (Å²) in [4.78, 5) is 11.8. The number of ether oxygens (including phenoxy) is 1. The van der Waals surface area contributed by atoms with E-state index in [1.807, 2.05) is 0 Å². The van der Waals surface area contributed by atoms with E-state index in [2.05, 4.69) is 5.32 Å². The van der Waals surface area contributed by atoms with Crippen LogP contribution in [0.2, 0.25) is 0 Å². The largest absolute Gasteiger partial charge is 0.385 e. The molecule has 1 aromatic rings. The Morgan fingerprint density at radius 2 is 1.91 bits per heavy atom. The molecule has 0 spiro atoms. The van der Waals surface area contributed by atoms with Gasteiger partial charge in [-0.1, -0.05) is 0 Å². The molecule has 0 saturated heterocycles. The highest BCUT2D eigenvalue weighted by Crippen LogP contribution is 2.03. The lowest BCUT2D eigenvalue weighted by molar-refractivity contribution is 0.0951. The summed E-state index contributed by atoms with van der Waals surface area (Å²) in [7, 11) is -1.79. The van der Waals surface area contributed by atoms with Gasteiger partial charge in [0, 0.05) is 38.9 Å². The third kappa shape index (κ3) is 6.50. The van der Waals surface area contributed by atoms with Gasteiger partial charge in [-0.15, -0.1) is 0 Å². The number of sulfonamides is 1. The molecular formula is C14H21FN2O4S. The SMILES string of the molecule is COCCCN(CCNC(=O)c1ccc(F)cc1)S(C)(=O)=O. The molecule has 1 N–H and O–H groups in total. The van der Waals surface area contributed by atoms with E-state index in [-0.39, 0.29) is 19.0 Å². The maximum absolute atomic E-state index is 12.8. The van der Waals surface area contributed by atoms with E-state index in [0.717, 1.165) is 6.26 Å². The van der Waals surface area contributed by atoms with E-state index in [1.165, 1.54) is 28.6 Å². The second-order valence-corrected chi connectivity index (χ2v) is 6.75. The molecular weight excluding hydrogens is 311 g/mol. The lowest BCUT2D eigenvalue weighted by Gasteiger charge is -2.19. The van der Waals surface area contributed by atoms with E-state index in [4.69, 9.17) is 4.74 Å². The molecule has 0 unspecified atom stereocenters. The Morgan fingerprint density at radius 3 is 2.45 bits per heavy atom. The Kier molecular flexibility index (Phi) is 7.43. The van der Waals surface area contributed by atoms with Crippen molar-refractivity contribution in [2.75, 3.05) is 39.6 Å². The summed E-state index contributed by atoms with van der Waals surface area (Å²) in [6, 6.07) is 5.14. The lowest BCUT2D eigenvalue weighted by Crippen LogP contribution is -2.38. The van der Waals surface area contributed by atoms with Gasteiger partial charge in [0.05, 0.1) is 6.26 Å². The van der Waals surface area contributed by atoms with Gasteiger partial charge in [0.2, 0.25) is 10.0 Å². The number of nitrogens with zero attached hydrogens (tertiary/aromatic N) is 1.